The average Bonchev–Trinajstić information content (AvgIpc) is 2.27. The summed E-state index contributed by atoms with van der Waals surface area (Å²) in [7, 11) is -2.05. The van der Waals surface area contributed by atoms with Crippen LogP contribution >= 0.6 is 12.2 Å². The molecule has 0 fully saturated rings. The lowest BCUT2D eigenvalue weighted by Gasteiger charge is -2.14. The highest BCUT2D eigenvalue weighted by Crippen LogP contribution is 2.22. The van der Waals surface area contributed by atoms with Gasteiger partial charge in [-0.3, -0.25) is 4.72 Å². The monoisotopic (exact) mass is 288 g/mol. The summed E-state index contributed by atoms with van der Waals surface area (Å²) in [4.78, 5) is -0.0623. The predicted molar refractivity (Wildman–Crippen MR) is 76.5 cm³/mol. The van der Waals surface area contributed by atoms with E-state index in [1.807, 2.05) is 6.92 Å². The zero-order chi connectivity index (χ0) is 13.9. The van der Waals surface area contributed by atoms with Crippen molar-refractivity contribution in [2.75, 3.05) is 11.8 Å². The van der Waals surface area contributed by atoms with E-state index < -0.39 is 15.3 Å². The molecule has 0 aliphatic carbocycles. The molecular weight excluding hydrogens is 272 g/mol. The number of anilines is 1. The molecule has 1 unspecified atom stereocenters. The normalized spacial score (nSPS) is 12.8. The number of nitrogens with one attached hydrogen (secondary N) is 1. The van der Waals surface area contributed by atoms with Crippen molar-refractivity contribution in [2.45, 2.75) is 19.1 Å². The third kappa shape index (κ3) is 3.33. The maximum absolute atomic E-state index is 11.9. The number of hydrogen-bond donors (Lipinski definition) is 2. The van der Waals surface area contributed by atoms with Crippen LogP contribution in [0.15, 0.2) is 18.2 Å². The molecule has 0 bridgehead atoms. The summed E-state index contributed by atoms with van der Waals surface area (Å²) in [6.07, 6.45) is 0. The van der Waals surface area contributed by atoms with E-state index >= 15 is 0 Å². The second-order valence-electron chi connectivity index (χ2n) is 3.88. The van der Waals surface area contributed by atoms with Gasteiger partial charge in [-0.15, -0.1) is 0 Å². The van der Waals surface area contributed by atoms with Crippen LogP contribution < -0.4 is 15.2 Å². The lowest BCUT2D eigenvalue weighted by atomic mass is 10.2. The van der Waals surface area contributed by atoms with E-state index in [0.717, 1.165) is 5.56 Å². The summed E-state index contributed by atoms with van der Waals surface area (Å²) in [5.41, 5.74) is 6.63. The summed E-state index contributed by atoms with van der Waals surface area (Å²) in [6, 6.07) is 5.00. The lowest BCUT2D eigenvalue weighted by Crippen LogP contribution is -2.35. The van der Waals surface area contributed by atoms with Crippen LogP contribution in [0.25, 0.3) is 0 Å². The first kappa shape index (κ1) is 14.7. The predicted octanol–water partition coefficient (Wildman–Crippen LogP) is 1.42. The number of ether oxygens (including phenoxy) is 1. The van der Waals surface area contributed by atoms with E-state index in [2.05, 4.69) is 16.9 Å². The summed E-state index contributed by atoms with van der Waals surface area (Å²) in [5.74, 6) is 0.695. The van der Waals surface area contributed by atoms with Crippen molar-refractivity contribution in [3.05, 3.63) is 23.8 Å². The standard InChI is InChI=1S/C11H16N2O3S2/c1-7-6-9(4-5-10(7)16-3)13-18(14,15)8(2)11(12)17/h4-6,8,13H,1-3H3,(H2,12,17). The van der Waals surface area contributed by atoms with Gasteiger partial charge in [0.15, 0.2) is 0 Å². The van der Waals surface area contributed by atoms with Gasteiger partial charge in [-0.05, 0) is 37.6 Å². The van der Waals surface area contributed by atoms with E-state index in [1.165, 1.54) is 6.92 Å². The minimum Gasteiger partial charge on any atom is -0.496 e. The van der Waals surface area contributed by atoms with Crippen molar-refractivity contribution in [2.24, 2.45) is 5.73 Å². The second-order valence-corrected chi connectivity index (χ2v) is 6.35. The highest BCUT2D eigenvalue weighted by atomic mass is 32.2. The molecule has 0 aliphatic rings. The first-order valence-electron chi connectivity index (χ1n) is 5.23. The van der Waals surface area contributed by atoms with Gasteiger partial charge in [0.05, 0.1) is 12.1 Å². The van der Waals surface area contributed by atoms with Crippen LogP contribution in [0.4, 0.5) is 5.69 Å². The summed E-state index contributed by atoms with van der Waals surface area (Å²) < 4.78 is 31.3. The van der Waals surface area contributed by atoms with Gasteiger partial charge in [-0.25, -0.2) is 8.42 Å². The molecule has 0 aromatic heterocycles. The molecule has 1 aromatic carbocycles. The Balaban J connectivity index is 2.98. The zero-order valence-corrected chi connectivity index (χ0v) is 12.1. The number of rotatable bonds is 5. The van der Waals surface area contributed by atoms with Gasteiger partial charge in [-0.2, -0.15) is 0 Å². The third-order valence-corrected chi connectivity index (χ3v) is 4.73. The quantitative estimate of drug-likeness (QED) is 0.801. The molecule has 18 heavy (non-hydrogen) atoms. The minimum absolute atomic E-state index is 0.0623. The number of aryl methyl sites for hydroxylation is 1. The van der Waals surface area contributed by atoms with Crippen LogP contribution in [0, 0.1) is 6.92 Å². The van der Waals surface area contributed by atoms with Crippen LogP contribution in [0.1, 0.15) is 12.5 Å². The molecule has 0 heterocycles. The fraction of sp³-hybridized carbons (Fsp3) is 0.364. The Kier molecular flexibility index (Phi) is 4.53. The molecule has 0 spiro atoms. The molecule has 7 heteroatoms. The molecule has 1 atom stereocenters. The topological polar surface area (TPSA) is 81.4 Å². The van der Waals surface area contributed by atoms with Crippen LogP contribution in [-0.2, 0) is 10.0 Å². The molecule has 0 amide bonds. The highest BCUT2D eigenvalue weighted by molar-refractivity contribution is 7.95. The lowest BCUT2D eigenvalue weighted by molar-refractivity contribution is 0.412. The number of nitrogens with two attached hydrogens (primary N) is 1. The van der Waals surface area contributed by atoms with Gasteiger partial charge in [0.25, 0.3) is 0 Å². The fourth-order valence-corrected chi connectivity index (χ4v) is 2.67. The van der Waals surface area contributed by atoms with Crippen LogP contribution in [-0.4, -0.2) is 25.8 Å². The number of thiocarbonyl (C=S) groups is 1. The smallest absolute Gasteiger partial charge is 0.241 e. The van der Waals surface area contributed by atoms with Gasteiger partial charge in [0, 0.05) is 5.69 Å². The molecule has 5 nitrogen and oxygen atoms in total. The first-order valence-corrected chi connectivity index (χ1v) is 7.19. The molecule has 0 saturated carbocycles. The Morgan fingerprint density at radius 2 is 2.11 bits per heavy atom. The maximum Gasteiger partial charge on any atom is 0.241 e. The minimum atomic E-state index is -3.61. The van der Waals surface area contributed by atoms with Crippen molar-refractivity contribution >= 4 is 32.9 Å². The van der Waals surface area contributed by atoms with Crippen LogP contribution in [0.5, 0.6) is 5.75 Å². The van der Waals surface area contributed by atoms with Gasteiger partial charge in [-0.1, -0.05) is 12.2 Å². The summed E-state index contributed by atoms with van der Waals surface area (Å²) >= 11 is 4.69. The van der Waals surface area contributed by atoms with Crippen molar-refractivity contribution < 1.29 is 13.2 Å². The molecule has 0 saturated heterocycles. The fourth-order valence-electron chi connectivity index (χ4n) is 1.35. The van der Waals surface area contributed by atoms with E-state index in [1.54, 1.807) is 25.3 Å². The molecule has 100 valence electrons. The number of sulfonamides is 1. The Bertz CT molecular complexity index is 555. The molecule has 0 aliphatic heterocycles. The van der Waals surface area contributed by atoms with Gasteiger partial charge >= 0.3 is 0 Å². The third-order valence-electron chi connectivity index (χ3n) is 2.52. The van der Waals surface area contributed by atoms with E-state index in [-0.39, 0.29) is 4.99 Å². The van der Waals surface area contributed by atoms with E-state index in [9.17, 15) is 8.42 Å². The van der Waals surface area contributed by atoms with Gasteiger partial charge < -0.3 is 10.5 Å². The van der Waals surface area contributed by atoms with Crippen molar-refractivity contribution in [3.8, 4) is 5.75 Å². The SMILES string of the molecule is COc1ccc(NS(=O)(=O)C(C)C(N)=S)cc1C. The van der Waals surface area contributed by atoms with Crippen LogP contribution in [0.2, 0.25) is 0 Å². The molecular formula is C11H16N2O3S2. The average molecular weight is 288 g/mol. The number of benzene rings is 1. The molecule has 0 radical (unpaired) electrons. The number of methoxy groups -OCH3 is 1. The van der Waals surface area contributed by atoms with Crippen molar-refractivity contribution in [3.63, 3.8) is 0 Å². The zero-order valence-electron chi connectivity index (χ0n) is 10.4. The summed E-state index contributed by atoms with van der Waals surface area (Å²) in [6.45, 7) is 3.27. The Hall–Kier alpha value is -1.34. The first-order chi connectivity index (χ1) is 8.27. The Morgan fingerprint density at radius 1 is 1.50 bits per heavy atom. The Labute approximate surface area is 112 Å². The molecule has 1 aromatic rings. The highest BCUT2D eigenvalue weighted by Gasteiger charge is 2.23. The van der Waals surface area contributed by atoms with Crippen molar-refractivity contribution in [1.29, 1.82) is 0 Å². The van der Waals surface area contributed by atoms with Gasteiger partial charge in [0.2, 0.25) is 10.0 Å². The van der Waals surface area contributed by atoms with E-state index in [0.29, 0.717) is 11.4 Å². The van der Waals surface area contributed by atoms with E-state index in [4.69, 9.17) is 10.5 Å². The Morgan fingerprint density at radius 3 is 2.56 bits per heavy atom. The summed E-state index contributed by atoms with van der Waals surface area (Å²) in [5, 5.41) is -0.921. The molecule has 1 rings (SSSR count). The largest absolute Gasteiger partial charge is 0.496 e. The van der Waals surface area contributed by atoms with Gasteiger partial charge in [0.1, 0.15) is 11.0 Å². The number of hydrogen-bond acceptors (Lipinski definition) is 4. The maximum atomic E-state index is 11.9. The van der Waals surface area contributed by atoms with Crippen LogP contribution in [0.3, 0.4) is 0 Å². The molecule has 3 N–H and O–H groups in total. The second kappa shape index (κ2) is 5.53. The van der Waals surface area contributed by atoms with Crippen molar-refractivity contribution in [1.82, 2.24) is 0 Å².